The van der Waals surface area contributed by atoms with E-state index in [2.05, 4.69) is 39.2 Å². The molecule has 0 aliphatic carbocycles. The maximum Gasteiger partial charge on any atom is 0.0192 e. The van der Waals surface area contributed by atoms with Gasteiger partial charge in [0, 0.05) is 11.6 Å². The van der Waals surface area contributed by atoms with Crippen LogP contribution in [0.25, 0.3) is 0 Å². The Morgan fingerprint density at radius 3 is 2.54 bits per heavy atom. The molecule has 1 aliphatic heterocycles. The smallest absolute Gasteiger partial charge is 0.0192 e. The first-order valence-corrected chi connectivity index (χ1v) is 5.37. The predicted octanol–water partition coefficient (Wildman–Crippen LogP) is 3.22. The van der Waals surface area contributed by atoms with Crippen LogP contribution in [0.15, 0.2) is 12.2 Å². The molecule has 76 valence electrons. The van der Waals surface area contributed by atoms with E-state index in [1.807, 2.05) is 0 Å². The quantitative estimate of drug-likeness (QED) is 0.561. The number of hydrogen-bond donors (Lipinski definition) is 0. The van der Waals surface area contributed by atoms with Crippen molar-refractivity contribution in [2.24, 2.45) is 0 Å². The Labute approximate surface area is 82.8 Å². The molecule has 1 heterocycles. The predicted molar refractivity (Wildman–Crippen MR) is 58.9 cm³/mol. The molecule has 0 N–H and O–H groups in total. The van der Waals surface area contributed by atoms with Crippen LogP contribution in [0.4, 0.5) is 0 Å². The summed E-state index contributed by atoms with van der Waals surface area (Å²) in [4.78, 5) is 2.60. The zero-order valence-corrected chi connectivity index (χ0v) is 9.56. The number of rotatable bonds is 1. The van der Waals surface area contributed by atoms with Crippen molar-refractivity contribution >= 4 is 0 Å². The van der Waals surface area contributed by atoms with Gasteiger partial charge in [-0.2, -0.15) is 0 Å². The molecule has 1 nitrogen and oxygen atoms in total. The number of likely N-dealkylation sites (tertiary alicyclic amines) is 1. The summed E-state index contributed by atoms with van der Waals surface area (Å²) in [5.41, 5.74) is 1.73. The van der Waals surface area contributed by atoms with Crippen LogP contribution in [0, 0.1) is 0 Å². The maximum atomic E-state index is 4.14. The lowest BCUT2D eigenvalue weighted by molar-refractivity contribution is 0.0920. The molecule has 1 fully saturated rings. The van der Waals surface area contributed by atoms with E-state index in [0.29, 0.717) is 11.6 Å². The highest BCUT2D eigenvalue weighted by Gasteiger charge is 2.30. The summed E-state index contributed by atoms with van der Waals surface area (Å²) in [7, 11) is 0. The molecule has 1 saturated heterocycles. The zero-order chi connectivity index (χ0) is 10.1. The van der Waals surface area contributed by atoms with Gasteiger partial charge >= 0.3 is 0 Å². The third-order valence-electron chi connectivity index (χ3n) is 3.01. The normalized spacial score (nSPS) is 24.8. The lowest BCUT2D eigenvalue weighted by atomic mass is 9.93. The molecule has 1 rings (SSSR count). The van der Waals surface area contributed by atoms with E-state index in [4.69, 9.17) is 0 Å². The Kier molecular flexibility index (Phi) is 3.18. The second-order valence-electron chi connectivity index (χ2n) is 5.13. The van der Waals surface area contributed by atoms with Crippen LogP contribution in [0.5, 0.6) is 0 Å². The molecular formula is C12H23N. The average Bonchev–Trinajstić information content (AvgIpc) is 2.06. The van der Waals surface area contributed by atoms with Crippen molar-refractivity contribution < 1.29 is 0 Å². The molecule has 0 aromatic heterocycles. The van der Waals surface area contributed by atoms with Gasteiger partial charge in [0.2, 0.25) is 0 Å². The largest absolute Gasteiger partial charge is 0.295 e. The van der Waals surface area contributed by atoms with Crippen molar-refractivity contribution in [2.75, 3.05) is 6.54 Å². The third-order valence-corrected chi connectivity index (χ3v) is 3.01. The molecule has 0 unspecified atom stereocenters. The third kappa shape index (κ3) is 2.57. The van der Waals surface area contributed by atoms with E-state index >= 15 is 0 Å². The van der Waals surface area contributed by atoms with Gasteiger partial charge in [-0.25, -0.2) is 0 Å². The van der Waals surface area contributed by atoms with E-state index in [1.54, 1.807) is 0 Å². The standard InChI is InChI=1S/C12H23N/c1-10(2)13-8-6-7-11(3)9-12(13,4)5/h10H,3,6-9H2,1-2,4-5H3. The Bertz CT molecular complexity index is 191. The van der Waals surface area contributed by atoms with E-state index in [0.717, 1.165) is 6.42 Å². The fourth-order valence-electron chi connectivity index (χ4n) is 2.56. The molecule has 0 bridgehead atoms. The molecule has 0 amide bonds. The average molecular weight is 181 g/mol. The highest BCUT2D eigenvalue weighted by Crippen LogP contribution is 2.30. The fraction of sp³-hybridized carbons (Fsp3) is 0.833. The fourth-order valence-corrected chi connectivity index (χ4v) is 2.56. The van der Waals surface area contributed by atoms with Crippen LogP contribution < -0.4 is 0 Å². The van der Waals surface area contributed by atoms with E-state index in [1.165, 1.54) is 25.0 Å². The van der Waals surface area contributed by atoms with Crippen LogP contribution in [0.1, 0.15) is 47.0 Å². The summed E-state index contributed by atoms with van der Waals surface area (Å²) in [5, 5.41) is 0. The van der Waals surface area contributed by atoms with Crippen LogP contribution in [0.3, 0.4) is 0 Å². The van der Waals surface area contributed by atoms with Crippen LogP contribution in [-0.4, -0.2) is 23.0 Å². The Hall–Kier alpha value is -0.300. The van der Waals surface area contributed by atoms with Crippen molar-refractivity contribution in [3.05, 3.63) is 12.2 Å². The topological polar surface area (TPSA) is 3.24 Å². The monoisotopic (exact) mass is 181 g/mol. The summed E-state index contributed by atoms with van der Waals surface area (Å²) in [6.45, 7) is 14.6. The molecule has 0 aromatic carbocycles. The van der Waals surface area contributed by atoms with Crippen molar-refractivity contribution in [1.29, 1.82) is 0 Å². The number of nitrogens with zero attached hydrogens (tertiary/aromatic N) is 1. The summed E-state index contributed by atoms with van der Waals surface area (Å²) in [6, 6.07) is 0.654. The maximum absolute atomic E-state index is 4.14. The second-order valence-corrected chi connectivity index (χ2v) is 5.13. The minimum atomic E-state index is 0.307. The lowest BCUT2D eigenvalue weighted by Crippen LogP contribution is -2.47. The van der Waals surface area contributed by atoms with Gasteiger partial charge in [-0.3, -0.25) is 4.90 Å². The SMILES string of the molecule is C=C1CCCN(C(C)C)C(C)(C)C1. The summed E-state index contributed by atoms with van der Waals surface area (Å²) >= 11 is 0. The first kappa shape index (κ1) is 10.8. The first-order valence-electron chi connectivity index (χ1n) is 5.37. The Balaban J connectivity index is 2.77. The van der Waals surface area contributed by atoms with E-state index in [-0.39, 0.29) is 0 Å². The lowest BCUT2D eigenvalue weighted by Gasteiger charge is -2.40. The molecule has 13 heavy (non-hydrogen) atoms. The minimum absolute atomic E-state index is 0.307. The van der Waals surface area contributed by atoms with Gasteiger partial charge in [0.15, 0.2) is 0 Å². The van der Waals surface area contributed by atoms with Crippen molar-refractivity contribution in [1.82, 2.24) is 4.90 Å². The van der Waals surface area contributed by atoms with Crippen LogP contribution >= 0.6 is 0 Å². The highest BCUT2D eigenvalue weighted by molar-refractivity contribution is 5.05. The molecule has 1 heteroatoms. The molecular weight excluding hydrogens is 158 g/mol. The second kappa shape index (κ2) is 3.83. The zero-order valence-electron chi connectivity index (χ0n) is 9.56. The summed E-state index contributed by atoms with van der Waals surface area (Å²) < 4.78 is 0. The minimum Gasteiger partial charge on any atom is -0.295 e. The molecule has 1 aliphatic rings. The van der Waals surface area contributed by atoms with Crippen molar-refractivity contribution in [3.63, 3.8) is 0 Å². The van der Waals surface area contributed by atoms with Crippen molar-refractivity contribution in [3.8, 4) is 0 Å². The Morgan fingerprint density at radius 1 is 1.38 bits per heavy atom. The summed E-state index contributed by atoms with van der Waals surface area (Å²) in [6.07, 6.45) is 3.65. The molecule has 0 radical (unpaired) electrons. The number of hydrogen-bond acceptors (Lipinski definition) is 1. The molecule has 0 aromatic rings. The van der Waals surface area contributed by atoms with Gasteiger partial charge < -0.3 is 0 Å². The van der Waals surface area contributed by atoms with Crippen LogP contribution in [0.2, 0.25) is 0 Å². The van der Waals surface area contributed by atoms with Crippen molar-refractivity contribution in [2.45, 2.75) is 58.5 Å². The van der Waals surface area contributed by atoms with E-state index in [9.17, 15) is 0 Å². The van der Waals surface area contributed by atoms with Gasteiger partial charge in [-0.1, -0.05) is 12.2 Å². The molecule has 0 spiro atoms. The highest BCUT2D eigenvalue weighted by atomic mass is 15.2. The summed E-state index contributed by atoms with van der Waals surface area (Å²) in [5.74, 6) is 0. The van der Waals surface area contributed by atoms with Crippen LogP contribution in [-0.2, 0) is 0 Å². The molecule has 0 atom stereocenters. The van der Waals surface area contributed by atoms with Gasteiger partial charge in [-0.15, -0.1) is 0 Å². The Morgan fingerprint density at radius 2 is 2.00 bits per heavy atom. The van der Waals surface area contributed by atoms with Gasteiger partial charge in [0.05, 0.1) is 0 Å². The van der Waals surface area contributed by atoms with Gasteiger partial charge in [-0.05, 0) is 53.5 Å². The van der Waals surface area contributed by atoms with Gasteiger partial charge in [0.25, 0.3) is 0 Å². The van der Waals surface area contributed by atoms with E-state index < -0.39 is 0 Å². The molecule has 0 saturated carbocycles. The van der Waals surface area contributed by atoms with Gasteiger partial charge in [0.1, 0.15) is 0 Å². The first-order chi connectivity index (χ1) is 5.93.